The molecule has 1 amide bonds. The Morgan fingerprint density at radius 3 is 2.96 bits per heavy atom. The average molecular weight is 377 g/mol. The van der Waals surface area contributed by atoms with Gasteiger partial charge in [0.2, 0.25) is 0 Å². The fraction of sp³-hybridized carbons (Fsp3) is 0.474. The number of aryl methyl sites for hydroxylation is 1. The monoisotopic (exact) mass is 376 g/mol. The Hall–Kier alpha value is -1.89. The van der Waals surface area contributed by atoms with Crippen molar-refractivity contribution in [1.29, 1.82) is 0 Å². The molecule has 1 aromatic carbocycles. The second-order valence-corrected chi connectivity index (χ2v) is 6.94. The second kappa shape index (κ2) is 7.78. The minimum absolute atomic E-state index is 0. The van der Waals surface area contributed by atoms with E-state index >= 15 is 0 Å². The standard InChI is InChI=1S/C19H24N4O2.ClH/c1-12-5-3-4-6-14(12)17-10-23(13(2)11-25-17)19(24)18-15-9-20-8-7-16(15)21-22-18;/h3-6,13,17,20H,7-11H2,1-2H3,(H,21,22);1H. The number of halogens is 1. The minimum atomic E-state index is -0.0887. The number of hydrogen-bond donors (Lipinski definition) is 2. The maximum absolute atomic E-state index is 13.2. The lowest BCUT2D eigenvalue weighted by Crippen LogP contribution is -2.48. The first-order chi connectivity index (χ1) is 12.1. The molecular weight excluding hydrogens is 352 g/mol. The molecule has 0 aliphatic carbocycles. The van der Waals surface area contributed by atoms with E-state index in [0.29, 0.717) is 25.4 Å². The number of nitrogens with one attached hydrogen (secondary N) is 2. The zero-order chi connectivity index (χ0) is 17.4. The van der Waals surface area contributed by atoms with E-state index in [2.05, 4.69) is 34.6 Å². The highest BCUT2D eigenvalue weighted by molar-refractivity contribution is 5.94. The molecule has 3 heterocycles. The smallest absolute Gasteiger partial charge is 0.275 e. The maximum atomic E-state index is 13.2. The third-order valence-corrected chi connectivity index (χ3v) is 5.24. The van der Waals surface area contributed by atoms with Crippen LogP contribution in [0.5, 0.6) is 0 Å². The topological polar surface area (TPSA) is 70.2 Å². The summed E-state index contributed by atoms with van der Waals surface area (Å²) in [6.45, 7) is 6.83. The van der Waals surface area contributed by atoms with Crippen molar-refractivity contribution < 1.29 is 9.53 Å². The number of rotatable bonds is 2. The van der Waals surface area contributed by atoms with Crippen molar-refractivity contribution in [2.75, 3.05) is 19.7 Å². The van der Waals surface area contributed by atoms with Crippen LogP contribution in [0.25, 0.3) is 0 Å². The van der Waals surface area contributed by atoms with Gasteiger partial charge in [-0.25, -0.2) is 0 Å². The van der Waals surface area contributed by atoms with Crippen LogP contribution in [0.2, 0.25) is 0 Å². The van der Waals surface area contributed by atoms with Crippen LogP contribution >= 0.6 is 12.4 Å². The molecule has 1 aromatic heterocycles. The lowest BCUT2D eigenvalue weighted by Gasteiger charge is -2.38. The van der Waals surface area contributed by atoms with Gasteiger partial charge in [-0.2, -0.15) is 5.10 Å². The summed E-state index contributed by atoms with van der Waals surface area (Å²) in [5.41, 5.74) is 4.99. The van der Waals surface area contributed by atoms with Crippen molar-refractivity contribution >= 4 is 18.3 Å². The second-order valence-electron chi connectivity index (χ2n) is 6.94. The van der Waals surface area contributed by atoms with Gasteiger partial charge in [0.1, 0.15) is 6.10 Å². The Labute approximate surface area is 159 Å². The number of carbonyl (C=O) groups excluding carboxylic acids is 1. The van der Waals surface area contributed by atoms with Crippen molar-refractivity contribution in [1.82, 2.24) is 20.4 Å². The molecule has 2 atom stereocenters. The van der Waals surface area contributed by atoms with Gasteiger partial charge < -0.3 is 15.0 Å². The van der Waals surface area contributed by atoms with Gasteiger partial charge in [-0.05, 0) is 25.0 Å². The lowest BCUT2D eigenvalue weighted by atomic mass is 10.0. The number of ether oxygens (including phenoxy) is 1. The molecule has 0 bridgehead atoms. The molecule has 4 rings (SSSR count). The van der Waals surface area contributed by atoms with Gasteiger partial charge in [0.25, 0.3) is 5.91 Å². The van der Waals surface area contributed by atoms with Gasteiger partial charge in [0.05, 0.1) is 19.2 Å². The Morgan fingerprint density at radius 2 is 2.15 bits per heavy atom. The minimum Gasteiger partial charge on any atom is -0.370 e. The third kappa shape index (κ3) is 3.37. The first-order valence-electron chi connectivity index (χ1n) is 8.90. The highest BCUT2D eigenvalue weighted by Gasteiger charge is 2.34. The number of aromatic nitrogens is 2. The van der Waals surface area contributed by atoms with E-state index in [1.54, 1.807) is 0 Å². The fourth-order valence-electron chi connectivity index (χ4n) is 3.71. The molecule has 26 heavy (non-hydrogen) atoms. The molecule has 0 saturated carbocycles. The summed E-state index contributed by atoms with van der Waals surface area (Å²) in [6.07, 6.45) is 0.800. The van der Waals surface area contributed by atoms with Crippen LogP contribution < -0.4 is 5.32 Å². The molecule has 2 aliphatic heterocycles. The van der Waals surface area contributed by atoms with E-state index in [9.17, 15) is 4.79 Å². The number of hydrogen-bond acceptors (Lipinski definition) is 4. The molecule has 6 nitrogen and oxygen atoms in total. The molecule has 2 aromatic rings. The van der Waals surface area contributed by atoms with Gasteiger partial charge in [-0.15, -0.1) is 12.4 Å². The zero-order valence-electron chi connectivity index (χ0n) is 15.1. The summed E-state index contributed by atoms with van der Waals surface area (Å²) in [5.74, 6) is -0.00409. The number of fused-ring (bicyclic) bond motifs is 1. The normalized spacial score (nSPS) is 22.5. The quantitative estimate of drug-likeness (QED) is 0.844. The number of aromatic amines is 1. The molecule has 2 unspecified atom stereocenters. The first kappa shape index (κ1) is 18.9. The van der Waals surface area contributed by atoms with Crippen molar-refractivity contribution in [3.05, 3.63) is 52.3 Å². The van der Waals surface area contributed by atoms with E-state index in [1.165, 1.54) is 5.56 Å². The predicted octanol–water partition coefficient (Wildman–Crippen LogP) is 2.39. The highest BCUT2D eigenvalue weighted by Crippen LogP contribution is 2.28. The molecule has 0 radical (unpaired) electrons. The summed E-state index contributed by atoms with van der Waals surface area (Å²) in [7, 11) is 0. The SMILES string of the molecule is Cc1ccccc1C1CN(C(=O)c2n[nH]c3c2CNCC3)C(C)CO1.Cl. The third-order valence-electron chi connectivity index (χ3n) is 5.24. The van der Waals surface area contributed by atoms with Crippen LogP contribution in [0.15, 0.2) is 24.3 Å². The summed E-state index contributed by atoms with van der Waals surface area (Å²) in [4.78, 5) is 15.1. The fourth-order valence-corrected chi connectivity index (χ4v) is 3.71. The Morgan fingerprint density at radius 1 is 1.35 bits per heavy atom. The maximum Gasteiger partial charge on any atom is 0.275 e. The van der Waals surface area contributed by atoms with Gasteiger partial charge in [-0.3, -0.25) is 9.89 Å². The number of benzene rings is 1. The van der Waals surface area contributed by atoms with Crippen LogP contribution in [0.3, 0.4) is 0 Å². The largest absolute Gasteiger partial charge is 0.370 e. The Kier molecular flexibility index (Phi) is 5.65. The van der Waals surface area contributed by atoms with Gasteiger partial charge in [-0.1, -0.05) is 24.3 Å². The lowest BCUT2D eigenvalue weighted by molar-refractivity contribution is -0.0491. The first-order valence-corrected chi connectivity index (χ1v) is 8.90. The van der Waals surface area contributed by atoms with Crippen LogP contribution in [0.4, 0.5) is 0 Å². The Balaban J connectivity index is 0.00000196. The number of amides is 1. The highest BCUT2D eigenvalue weighted by atomic mass is 35.5. The van der Waals surface area contributed by atoms with Gasteiger partial charge >= 0.3 is 0 Å². The van der Waals surface area contributed by atoms with Gasteiger partial charge in [0.15, 0.2) is 5.69 Å². The Bertz CT molecular complexity index is 792. The van der Waals surface area contributed by atoms with E-state index in [4.69, 9.17) is 4.74 Å². The van der Waals surface area contributed by atoms with Crippen LogP contribution in [-0.2, 0) is 17.7 Å². The van der Waals surface area contributed by atoms with Gasteiger partial charge in [0, 0.05) is 30.8 Å². The molecule has 1 fully saturated rings. The van der Waals surface area contributed by atoms with Crippen LogP contribution in [-0.4, -0.2) is 46.7 Å². The van der Waals surface area contributed by atoms with E-state index in [-0.39, 0.29) is 30.5 Å². The van der Waals surface area contributed by atoms with E-state index < -0.39 is 0 Å². The number of H-pyrrole nitrogens is 1. The summed E-state index contributed by atoms with van der Waals surface area (Å²) in [6, 6.07) is 8.25. The average Bonchev–Trinajstić information content (AvgIpc) is 3.06. The van der Waals surface area contributed by atoms with Crippen molar-refractivity contribution in [2.24, 2.45) is 0 Å². The zero-order valence-corrected chi connectivity index (χ0v) is 15.9. The number of nitrogens with zero attached hydrogens (tertiary/aromatic N) is 2. The number of morpholine rings is 1. The summed E-state index contributed by atoms with van der Waals surface area (Å²) < 4.78 is 6.03. The summed E-state index contributed by atoms with van der Waals surface area (Å²) in [5, 5.41) is 10.7. The van der Waals surface area contributed by atoms with Crippen molar-refractivity contribution in [3.8, 4) is 0 Å². The van der Waals surface area contributed by atoms with E-state index in [0.717, 1.165) is 29.8 Å². The molecule has 1 saturated heterocycles. The predicted molar refractivity (Wildman–Crippen MR) is 102 cm³/mol. The van der Waals surface area contributed by atoms with Crippen LogP contribution in [0.1, 0.15) is 45.9 Å². The van der Waals surface area contributed by atoms with Crippen LogP contribution in [0, 0.1) is 6.92 Å². The van der Waals surface area contributed by atoms with E-state index in [1.807, 2.05) is 24.0 Å². The molecule has 2 N–H and O–H groups in total. The molecule has 0 spiro atoms. The molecular formula is C19H25ClN4O2. The summed E-state index contributed by atoms with van der Waals surface area (Å²) >= 11 is 0. The molecule has 7 heteroatoms. The molecule has 140 valence electrons. The van der Waals surface area contributed by atoms with Crippen molar-refractivity contribution in [2.45, 2.75) is 39.0 Å². The van der Waals surface area contributed by atoms with Crippen molar-refractivity contribution in [3.63, 3.8) is 0 Å². The number of carbonyl (C=O) groups is 1. The molecule has 2 aliphatic rings.